The summed E-state index contributed by atoms with van der Waals surface area (Å²) in [4.78, 5) is 13.1. The van der Waals surface area contributed by atoms with Gasteiger partial charge in [-0.05, 0) is 68.7 Å². The molecule has 180 valence electrons. The lowest BCUT2D eigenvalue weighted by Gasteiger charge is -2.26. The summed E-state index contributed by atoms with van der Waals surface area (Å²) in [7, 11) is -3.95. The minimum atomic E-state index is -3.95. The Morgan fingerprint density at radius 1 is 1.00 bits per heavy atom. The number of amides is 1. The molecule has 0 aliphatic rings. The van der Waals surface area contributed by atoms with Crippen LogP contribution in [0.15, 0.2) is 77.7 Å². The molecule has 0 fully saturated rings. The van der Waals surface area contributed by atoms with Gasteiger partial charge in [-0.2, -0.15) is 0 Å². The van der Waals surface area contributed by atoms with E-state index in [1.54, 1.807) is 36.4 Å². The number of hydrogen-bond acceptors (Lipinski definition) is 4. The first-order chi connectivity index (χ1) is 16.2. The molecule has 6 nitrogen and oxygen atoms in total. The molecule has 34 heavy (non-hydrogen) atoms. The van der Waals surface area contributed by atoms with Crippen molar-refractivity contribution in [2.75, 3.05) is 10.8 Å². The van der Waals surface area contributed by atoms with Gasteiger partial charge in [0.15, 0.2) is 0 Å². The number of aryl methyl sites for hydroxylation is 2. The van der Waals surface area contributed by atoms with Crippen LogP contribution in [0.5, 0.6) is 5.75 Å². The van der Waals surface area contributed by atoms with E-state index in [2.05, 4.69) is 5.32 Å². The molecular formula is C27H32N2O4S. The number of nitrogens with one attached hydrogen (secondary N) is 1. The fourth-order valence-electron chi connectivity index (χ4n) is 3.58. The second-order valence-corrected chi connectivity index (χ2v) is 10.3. The highest BCUT2D eigenvalue weighted by Crippen LogP contribution is 2.27. The van der Waals surface area contributed by atoms with E-state index in [0.717, 1.165) is 22.4 Å². The zero-order valence-corrected chi connectivity index (χ0v) is 20.9. The van der Waals surface area contributed by atoms with Crippen LogP contribution in [0.25, 0.3) is 0 Å². The van der Waals surface area contributed by atoms with Gasteiger partial charge in [0.1, 0.15) is 12.3 Å². The maximum Gasteiger partial charge on any atom is 0.264 e. The Labute approximate surface area is 202 Å². The predicted molar refractivity (Wildman–Crippen MR) is 136 cm³/mol. The van der Waals surface area contributed by atoms with Crippen LogP contribution in [-0.2, 0) is 27.8 Å². The molecule has 0 radical (unpaired) electrons. The Balaban J connectivity index is 1.84. The van der Waals surface area contributed by atoms with Gasteiger partial charge < -0.3 is 10.1 Å². The molecule has 0 spiro atoms. The third kappa shape index (κ3) is 6.38. The van der Waals surface area contributed by atoms with Gasteiger partial charge in [0, 0.05) is 6.54 Å². The highest BCUT2D eigenvalue weighted by molar-refractivity contribution is 7.92. The Bertz CT molecular complexity index is 1220. The third-order valence-corrected chi connectivity index (χ3v) is 7.07. The van der Waals surface area contributed by atoms with Gasteiger partial charge in [-0.15, -0.1) is 0 Å². The summed E-state index contributed by atoms with van der Waals surface area (Å²) in [5.74, 6) is 0.332. The molecule has 0 bridgehead atoms. The van der Waals surface area contributed by atoms with E-state index in [9.17, 15) is 13.2 Å². The van der Waals surface area contributed by atoms with Gasteiger partial charge in [0.2, 0.25) is 5.91 Å². The summed E-state index contributed by atoms with van der Waals surface area (Å²) in [6, 6.07) is 21.4. The molecule has 1 amide bonds. The maximum absolute atomic E-state index is 13.6. The maximum atomic E-state index is 13.6. The quantitative estimate of drug-likeness (QED) is 0.450. The van der Waals surface area contributed by atoms with Crippen molar-refractivity contribution < 1.29 is 17.9 Å². The Hall–Kier alpha value is -3.32. The average molecular weight is 481 g/mol. The molecule has 0 aromatic heterocycles. The first kappa shape index (κ1) is 25.3. The van der Waals surface area contributed by atoms with Crippen LogP contribution >= 0.6 is 0 Å². The van der Waals surface area contributed by atoms with E-state index in [-0.39, 0.29) is 24.1 Å². The Kier molecular flexibility index (Phi) is 8.34. The van der Waals surface area contributed by atoms with Crippen molar-refractivity contribution in [1.82, 2.24) is 5.32 Å². The summed E-state index contributed by atoms with van der Waals surface area (Å²) in [5, 5.41) is 2.85. The number of hydrogen-bond donors (Lipinski definition) is 1. The van der Waals surface area contributed by atoms with Gasteiger partial charge in [-0.1, -0.05) is 55.0 Å². The van der Waals surface area contributed by atoms with Crippen LogP contribution in [0, 0.1) is 6.92 Å². The lowest BCUT2D eigenvalue weighted by atomic mass is 10.1. The average Bonchev–Trinajstić information content (AvgIpc) is 2.81. The SMILES string of the molecule is CCc1ccccc1N(CC(=O)NCc1cccc(OC(C)C)c1)S(=O)(=O)c1ccc(C)cc1. The standard InChI is InChI=1S/C27H32N2O4S/c1-5-23-10-6-7-12-26(23)29(34(31,32)25-15-13-21(4)14-16-25)19-27(30)28-18-22-9-8-11-24(17-22)33-20(2)3/h6-17,20H,5,18-19H2,1-4H3,(H,28,30). The van der Waals surface area contributed by atoms with Crippen molar-refractivity contribution in [3.8, 4) is 5.75 Å². The summed E-state index contributed by atoms with van der Waals surface area (Å²) >= 11 is 0. The first-order valence-electron chi connectivity index (χ1n) is 11.4. The van der Waals surface area contributed by atoms with Crippen molar-refractivity contribution >= 4 is 21.6 Å². The van der Waals surface area contributed by atoms with Gasteiger partial charge in [0.05, 0.1) is 16.7 Å². The monoisotopic (exact) mass is 480 g/mol. The van der Waals surface area contributed by atoms with E-state index in [1.165, 1.54) is 4.31 Å². The largest absolute Gasteiger partial charge is 0.491 e. The summed E-state index contributed by atoms with van der Waals surface area (Å²) < 4.78 is 34.1. The molecule has 0 heterocycles. The molecule has 7 heteroatoms. The molecule has 3 aromatic rings. The van der Waals surface area contributed by atoms with Crippen LogP contribution in [0.4, 0.5) is 5.69 Å². The Morgan fingerprint density at radius 3 is 2.38 bits per heavy atom. The highest BCUT2D eigenvalue weighted by atomic mass is 32.2. The van der Waals surface area contributed by atoms with Crippen LogP contribution in [-0.4, -0.2) is 27.0 Å². The highest BCUT2D eigenvalue weighted by Gasteiger charge is 2.28. The first-order valence-corrected chi connectivity index (χ1v) is 12.8. The fourth-order valence-corrected chi connectivity index (χ4v) is 5.04. The van der Waals surface area contributed by atoms with E-state index >= 15 is 0 Å². The second kappa shape index (κ2) is 11.2. The topological polar surface area (TPSA) is 75.7 Å². The number of carbonyl (C=O) groups excluding carboxylic acids is 1. The van der Waals surface area contributed by atoms with Crippen LogP contribution in [0.3, 0.4) is 0 Å². The van der Waals surface area contributed by atoms with Crippen LogP contribution in [0.1, 0.15) is 37.5 Å². The molecule has 3 rings (SSSR count). The zero-order valence-electron chi connectivity index (χ0n) is 20.1. The summed E-state index contributed by atoms with van der Waals surface area (Å²) in [6.07, 6.45) is 0.685. The van der Waals surface area contributed by atoms with Gasteiger partial charge in [-0.25, -0.2) is 8.42 Å². The number of carbonyl (C=O) groups is 1. The third-order valence-electron chi connectivity index (χ3n) is 5.30. The molecular weight excluding hydrogens is 448 g/mol. The number of benzene rings is 3. The minimum Gasteiger partial charge on any atom is -0.491 e. The van der Waals surface area contributed by atoms with E-state index < -0.39 is 15.9 Å². The normalized spacial score (nSPS) is 11.3. The molecule has 0 saturated heterocycles. The van der Waals surface area contributed by atoms with E-state index in [1.807, 2.05) is 64.1 Å². The predicted octanol–water partition coefficient (Wildman–Crippen LogP) is 4.86. The molecule has 0 aliphatic heterocycles. The number of para-hydroxylation sites is 1. The minimum absolute atomic E-state index is 0.0454. The molecule has 0 atom stereocenters. The molecule has 3 aromatic carbocycles. The van der Waals surface area contributed by atoms with Gasteiger partial charge in [0.25, 0.3) is 10.0 Å². The van der Waals surface area contributed by atoms with Crippen molar-refractivity contribution in [3.05, 3.63) is 89.5 Å². The van der Waals surface area contributed by atoms with Crippen LogP contribution < -0.4 is 14.4 Å². The van der Waals surface area contributed by atoms with Crippen LogP contribution in [0.2, 0.25) is 0 Å². The number of ether oxygens (including phenoxy) is 1. The van der Waals surface area contributed by atoms with E-state index in [0.29, 0.717) is 12.1 Å². The fraction of sp³-hybridized carbons (Fsp3) is 0.296. The molecule has 1 N–H and O–H groups in total. The van der Waals surface area contributed by atoms with Crippen molar-refractivity contribution in [3.63, 3.8) is 0 Å². The lowest BCUT2D eigenvalue weighted by molar-refractivity contribution is -0.119. The summed E-state index contributed by atoms with van der Waals surface area (Å²) in [5.41, 5.74) is 3.19. The number of sulfonamides is 1. The van der Waals surface area contributed by atoms with Gasteiger partial charge >= 0.3 is 0 Å². The number of rotatable bonds is 10. The smallest absolute Gasteiger partial charge is 0.264 e. The molecule has 0 saturated carbocycles. The zero-order chi connectivity index (χ0) is 24.7. The molecule has 0 unspecified atom stereocenters. The van der Waals surface area contributed by atoms with Gasteiger partial charge in [-0.3, -0.25) is 9.10 Å². The second-order valence-electron chi connectivity index (χ2n) is 8.40. The number of nitrogens with zero attached hydrogens (tertiary/aromatic N) is 1. The van der Waals surface area contributed by atoms with Crippen molar-refractivity contribution in [2.24, 2.45) is 0 Å². The lowest BCUT2D eigenvalue weighted by Crippen LogP contribution is -2.41. The number of anilines is 1. The van der Waals surface area contributed by atoms with Crippen molar-refractivity contribution in [1.29, 1.82) is 0 Å². The van der Waals surface area contributed by atoms with E-state index in [4.69, 9.17) is 4.74 Å². The Morgan fingerprint density at radius 2 is 1.71 bits per heavy atom. The van der Waals surface area contributed by atoms with Crippen molar-refractivity contribution in [2.45, 2.75) is 51.7 Å². The summed E-state index contributed by atoms with van der Waals surface area (Å²) in [6.45, 7) is 7.70. The molecule has 0 aliphatic carbocycles.